The maximum absolute atomic E-state index is 13.6. The Morgan fingerprint density at radius 1 is 1.13 bits per heavy atom. The van der Waals surface area contributed by atoms with Gasteiger partial charge in [-0.2, -0.15) is 10.4 Å². The van der Waals surface area contributed by atoms with Crippen LogP contribution in [0, 0.1) is 11.3 Å². The van der Waals surface area contributed by atoms with Crippen molar-refractivity contribution in [2.45, 2.75) is 32.8 Å². The highest BCUT2D eigenvalue weighted by Gasteiger charge is 2.37. The number of hydrogen-bond donors (Lipinski definition) is 0. The molecule has 3 heterocycles. The van der Waals surface area contributed by atoms with Crippen LogP contribution in [-0.4, -0.2) is 52.4 Å². The molecule has 2 aliphatic rings. The lowest BCUT2D eigenvalue weighted by Crippen LogP contribution is -2.46. The smallest absolute Gasteiger partial charge is 0.271 e. The third kappa shape index (κ3) is 4.89. The van der Waals surface area contributed by atoms with Crippen LogP contribution in [0.25, 0.3) is 23.0 Å². The van der Waals surface area contributed by atoms with Gasteiger partial charge in [0.15, 0.2) is 0 Å². The van der Waals surface area contributed by atoms with Gasteiger partial charge in [-0.15, -0.1) is 0 Å². The minimum atomic E-state index is -0.575. The summed E-state index contributed by atoms with van der Waals surface area (Å²) in [5, 5.41) is 14.6. The number of rotatable bonds is 7. The molecule has 2 aliphatic heterocycles. The number of aromatic nitrogens is 2. The Labute approximate surface area is 221 Å². The van der Waals surface area contributed by atoms with Crippen LogP contribution in [0.1, 0.15) is 32.3 Å². The van der Waals surface area contributed by atoms with Crippen molar-refractivity contribution >= 4 is 17.9 Å². The number of amides is 2. The minimum absolute atomic E-state index is 0.0353. The van der Waals surface area contributed by atoms with Crippen molar-refractivity contribution in [1.82, 2.24) is 14.7 Å². The van der Waals surface area contributed by atoms with Gasteiger partial charge in [0.25, 0.3) is 11.8 Å². The third-order valence-corrected chi connectivity index (χ3v) is 6.74. The lowest BCUT2D eigenvalue weighted by atomic mass is 9.93. The van der Waals surface area contributed by atoms with E-state index >= 15 is 0 Å². The second-order valence-electron chi connectivity index (χ2n) is 9.20. The maximum Gasteiger partial charge on any atom is 0.271 e. The summed E-state index contributed by atoms with van der Waals surface area (Å²) in [6.07, 6.45) is 5.01. The van der Waals surface area contributed by atoms with Gasteiger partial charge in [-0.05, 0) is 74.7 Å². The van der Waals surface area contributed by atoms with Crippen molar-refractivity contribution in [3.63, 3.8) is 0 Å². The summed E-state index contributed by atoms with van der Waals surface area (Å²) in [6.45, 7) is 4.87. The van der Waals surface area contributed by atoms with E-state index in [4.69, 9.17) is 14.6 Å². The average molecular weight is 509 g/mol. The molecule has 0 aliphatic carbocycles. The molecule has 0 spiro atoms. The number of imide groups is 1. The normalized spacial score (nSPS) is 18.8. The van der Waals surface area contributed by atoms with Crippen LogP contribution in [0.2, 0.25) is 0 Å². The molecule has 5 rings (SSSR count). The SMILES string of the molecule is CCOc1ccc(-c2nn(-c3ccccc3)cc2/C=C2\C(=O)N(C[C@@H]3CCCO3)C(=O)C(C#N)=C2C)cc1. The second-order valence-corrected chi connectivity index (χ2v) is 9.20. The maximum atomic E-state index is 13.6. The number of carbonyl (C=O) groups is 2. The van der Waals surface area contributed by atoms with Crippen LogP contribution in [0.5, 0.6) is 5.75 Å². The molecule has 3 aromatic rings. The van der Waals surface area contributed by atoms with E-state index in [0.29, 0.717) is 35.6 Å². The van der Waals surface area contributed by atoms with E-state index in [1.165, 1.54) is 0 Å². The summed E-state index contributed by atoms with van der Waals surface area (Å²) >= 11 is 0. The molecule has 0 N–H and O–H groups in total. The molecule has 0 saturated carbocycles. The van der Waals surface area contributed by atoms with Gasteiger partial charge < -0.3 is 9.47 Å². The molecule has 2 amide bonds. The van der Waals surface area contributed by atoms with Crippen LogP contribution < -0.4 is 4.74 Å². The summed E-state index contributed by atoms with van der Waals surface area (Å²) in [5.41, 5.74) is 3.66. The molecule has 1 fully saturated rings. The highest BCUT2D eigenvalue weighted by molar-refractivity contribution is 6.19. The fourth-order valence-electron chi connectivity index (χ4n) is 4.75. The Kier molecular flexibility index (Phi) is 7.20. The molecule has 0 unspecified atom stereocenters. The van der Waals surface area contributed by atoms with E-state index in [-0.39, 0.29) is 18.2 Å². The van der Waals surface area contributed by atoms with Crippen LogP contribution in [0.3, 0.4) is 0 Å². The molecule has 1 saturated heterocycles. The zero-order valence-corrected chi connectivity index (χ0v) is 21.4. The predicted octanol–water partition coefficient (Wildman–Crippen LogP) is 4.71. The summed E-state index contributed by atoms with van der Waals surface area (Å²) in [5.74, 6) is -0.261. The van der Waals surface area contributed by atoms with Gasteiger partial charge in [0.05, 0.1) is 30.6 Å². The summed E-state index contributed by atoms with van der Waals surface area (Å²) in [7, 11) is 0. The second kappa shape index (κ2) is 10.9. The first-order valence-corrected chi connectivity index (χ1v) is 12.7. The van der Waals surface area contributed by atoms with Crippen LogP contribution in [0.15, 0.2) is 77.5 Å². The van der Waals surface area contributed by atoms with Gasteiger partial charge in [-0.3, -0.25) is 14.5 Å². The average Bonchev–Trinajstić information content (AvgIpc) is 3.61. The number of benzene rings is 2. The molecule has 38 heavy (non-hydrogen) atoms. The third-order valence-electron chi connectivity index (χ3n) is 6.74. The first-order valence-electron chi connectivity index (χ1n) is 12.7. The first-order chi connectivity index (χ1) is 18.5. The zero-order chi connectivity index (χ0) is 26.6. The molecule has 0 radical (unpaired) electrons. The highest BCUT2D eigenvalue weighted by Crippen LogP contribution is 2.32. The largest absolute Gasteiger partial charge is 0.494 e. The number of nitriles is 1. The fraction of sp³-hybridized carbons (Fsp3) is 0.267. The molecular weight excluding hydrogens is 480 g/mol. The minimum Gasteiger partial charge on any atom is -0.494 e. The van der Waals surface area contributed by atoms with E-state index < -0.39 is 11.8 Å². The lowest BCUT2D eigenvalue weighted by molar-refractivity contribution is -0.142. The monoisotopic (exact) mass is 508 g/mol. The Morgan fingerprint density at radius 3 is 2.55 bits per heavy atom. The quantitative estimate of drug-likeness (QED) is 0.339. The molecule has 1 aromatic heterocycles. The van der Waals surface area contributed by atoms with Crippen molar-refractivity contribution in [3.05, 3.63) is 83.1 Å². The fourth-order valence-corrected chi connectivity index (χ4v) is 4.75. The topological polar surface area (TPSA) is 97.4 Å². The van der Waals surface area contributed by atoms with Crippen molar-refractivity contribution in [1.29, 1.82) is 5.26 Å². The molecular formula is C30H28N4O4. The molecule has 0 bridgehead atoms. The van der Waals surface area contributed by atoms with E-state index in [2.05, 4.69) is 0 Å². The van der Waals surface area contributed by atoms with Crippen LogP contribution in [0.4, 0.5) is 0 Å². The van der Waals surface area contributed by atoms with Gasteiger partial charge in [0.2, 0.25) is 0 Å². The number of ether oxygens (including phenoxy) is 2. The van der Waals surface area contributed by atoms with Gasteiger partial charge in [0.1, 0.15) is 17.4 Å². The van der Waals surface area contributed by atoms with Crippen molar-refractivity contribution < 1.29 is 19.1 Å². The Bertz CT molecular complexity index is 1460. The lowest BCUT2D eigenvalue weighted by Gasteiger charge is -2.29. The van der Waals surface area contributed by atoms with E-state index in [1.807, 2.05) is 73.8 Å². The number of carbonyl (C=O) groups excluding carboxylic acids is 2. The first kappa shape index (κ1) is 25.2. The van der Waals surface area contributed by atoms with Crippen molar-refractivity contribution in [2.75, 3.05) is 19.8 Å². The number of para-hydroxylation sites is 1. The number of nitrogens with zero attached hydrogens (tertiary/aromatic N) is 4. The molecule has 8 heteroatoms. The zero-order valence-electron chi connectivity index (χ0n) is 21.4. The predicted molar refractivity (Wildman–Crippen MR) is 142 cm³/mol. The van der Waals surface area contributed by atoms with Crippen LogP contribution >= 0.6 is 0 Å². The van der Waals surface area contributed by atoms with E-state index in [0.717, 1.165) is 34.7 Å². The standard InChI is InChI=1S/C30H28N4O4/c1-3-37-24-13-11-21(12-14-24)28-22(18-34(32-28)23-8-5-4-6-9-23)16-26-20(2)27(17-31)30(36)33(29(26)35)19-25-10-7-15-38-25/h4-6,8-9,11-14,16,18,25H,3,7,10,15,19H2,1-2H3/b26-16-/t25-/m0/s1. The van der Waals surface area contributed by atoms with E-state index in [1.54, 1.807) is 17.7 Å². The van der Waals surface area contributed by atoms with Crippen LogP contribution in [-0.2, 0) is 14.3 Å². The molecule has 192 valence electrons. The van der Waals surface area contributed by atoms with Crippen molar-refractivity contribution in [2.24, 2.45) is 0 Å². The van der Waals surface area contributed by atoms with Crippen molar-refractivity contribution in [3.8, 4) is 28.8 Å². The Balaban J connectivity index is 1.61. The van der Waals surface area contributed by atoms with Gasteiger partial charge >= 0.3 is 0 Å². The van der Waals surface area contributed by atoms with Gasteiger partial charge in [-0.1, -0.05) is 18.2 Å². The molecule has 1 atom stereocenters. The number of hydrogen-bond acceptors (Lipinski definition) is 6. The summed E-state index contributed by atoms with van der Waals surface area (Å²) < 4.78 is 13.0. The summed E-state index contributed by atoms with van der Waals surface area (Å²) in [4.78, 5) is 27.8. The molecule has 8 nitrogen and oxygen atoms in total. The van der Waals surface area contributed by atoms with Gasteiger partial charge in [-0.25, -0.2) is 4.68 Å². The highest BCUT2D eigenvalue weighted by atomic mass is 16.5. The Hall–Kier alpha value is -4.48. The molecule has 2 aromatic carbocycles. The summed E-state index contributed by atoms with van der Waals surface area (Å²) in [6, 6.07) is 19.3. The van der Waals surface area contributed by atoms with Gasteiger partial charge in [0, 0.05) is 29.5 Å². The van der Waals surface area contributed by atoms with E-state index in [9.17, 15) is 14.9 Å². The Morgan fingerprint density at radius 2 is 1.89 bits per heavy atom.